The van der Waals surface area contributed by atoms with Crippen LogP contribution in [0.2, 0.25) is 0 Å². The number of nitrogens with zero attached hydrogens (tertiary/aromatic N) is 2. The van der Waals surface area contributed by atoms with E-state index < -0.39 is 31.5 Å². The Hall–Kier alpha value is -4.41. The van der Waals surface area contributed by atoms with Gasteiger partial charge < -0.3 is 19.0 Å². The summed E-state index contributed by atoms with van der Waals surface area (Å²) in [5.41, 5.74) is 0.00456. The van der Waals surface area contributed by atoms with Crippen LogP contribution in [0.15, 0.2) is 75.6 Å². The van der Waals surface area contributed by atoms with E-state index in [-0.39, 0.29) is 21.5 Å². The number of nitrogens with one attached hydrogen (secondary N) is 1. The second kappa shape index (κ2) is 11.5. The molecule has 0 aliphatic carbocycles. The average Bonchev–Trinajstić information content (AvgIpc) is 2.88. The lowest BCUT2D eigenvalue weighted by molar-refractivity contribution is -0.385. The molecule has 1 amide bonds. The van der Waals surface area contributed by atoms with Crippen molar-refractivity contribution in [1.29, 1.82) is 5.26 Å². The largest absolute Gasteiger partial charge is 0.495 e. The molecule has 0 unspecified atom stereocenters. The summed E-state index contributed by atoms with van der Waals surface area (Å²) in [5, 5.41) is 23.2. The van der Waals surface area contributed by atoms with Crippen LogP contribution in [0.25, 0.3) is 6.08 Å². The van der Waals surface area contributed by atoms with Crippen molar-refractivity contribution in [2.24, 2.45) is 0 Å². The number of nitro groups is 1. The maximum atomic E-state index is 12.8. The van der Waals surface area contributed by atoms with Crippen molar-refractivity contribution in [3.63, 3.8) is 0 Å². The molecule has 13 heteroatoms. The molecule has 3 rings (SSSR count). The molecular formula is C24H18BrN3O8S. The lowest BCUT2D eigenvalue weighted by Crippen LogP contribution is -2.14. The number of nitro benzene ring substituents is 1. The number of ether oxygens (including phenoxy) is 2. The Kier molecular flexibility index (Phi) is 8.49. The standard InChI is InChI=1S/C24H18BrN3O8S/c1-34-21-9-4-3-8-20(21)27-24(29)16(14-26)10-15-11-19(25)23(22(12-15)35-2)36-37(32,33)18-7-5-6-17(13-18)28(30)31/h3-13H,1-2H3,(H,27,29)/b16-10+. The van der Waals surface area contributed by atoms with Gasteiger partial charge in [-0.05, 0) is 57.9 Å². The number of methoxy groups -OCH3 is 2. The van der Waals surface area contributed by atoms with E-state index in [0.29, 0.717) is 17.0 Å². The lowest BCUT2D eigenvalue weighted by Gasteiger charge is -2.14. The molecule has 0 spiro atoms. The van der Waals surface area contributed by atoms with Crippen molar-refractivity contribution >= 4 is 49.4 Å². The minimum absolute atomic E-state index is 0.0444. The zero-order chi connectivity index (χ0) is 27.2. The highest BCUT2D eigenvalue weighted by atomic mass is 79.9. The number of non-ortho nitro benzene ring substituents is 1. The van der Waals surface area contributed by atoms with Gasteiger partial charge in [0.15, 0.2) is 11.5 Å². The first kappa shape index (κ1) is 27.2. The zero-order valence-corrected chi connectivity index (χ0v) is 21.7. The first-order valence-electron chi connectivity index (χ1n) is 10.2. The van der Waals surface area contributed by atoms with Crippen molar-refractivity contribution < 1.29 is 31.8 Å². The Bertz CT molecular complexity index is 1550. The number of halogens is 1. The van der Waals surface area contributed by atoms with E-state index >= 15 is 0 Å². The second-order valence-electron chi connectivity index (χ2n) is 7.15. The monoisotopic (exact) mass is 587 g/mol. The van der Waals surface area contributed by atoms with Gasteiger partial charge in [0.05, 0.1) is 29.3 Å². The van der Waals surface area contributed by atoms with Crippen LogP contribution in [-0.4, -0.2) is 33.5 Å². The first-order valence-corrected chi connectivity index (χ1v) is 12.4. The fourth-order valence-electron chi connectivity index (χ4n) is 3.07. The maximum Gasteiger partial charge on any atom is 0.339 e. The molecule has 0 aliphatic heterocycles. The van der Waals surface area contributed by atoms with Gasteiger partial charge in [0.25, 0.3) is 11.6 Å². The minimum atomic E-state index is -4.48. The molecule has 190 valence electrons. The van der Waals surface area contributed by atoms with Gasteiger partial charge in [-0.2, -0.15) is 13.7 Å². The number of para-hydroxylation sites is 2. The zero-order valence-electron chi connectivity index (χ0n) is 19.3. The SMILES string of the molecule is COc1ccccc1NC(=O)/C(C#N)=C/c1cc(Br)c(OS(=O)(=O)c2cccc([N+](=O)[O-])c2)c(OC)c1. The van der Waals surface area contributed by atoms with E-state index in [9.17, 15) is 28.6 Å². The van der Waals surface area contributed by atoms with Crippen LogP contribution in [-0.2, 0) is 14.9 Å². The molecule has 37 heavy (non-hydrogen) atoms. The fraction of sp³-hybridized carbons (Fsp3) is 0.0833. The van der Waals surface area contributed by atoms with Gasteiger partial charge in [0.1, 0.15) is 22.3 Å². The summed E-state index contributed by atoms with van der Waals surface area (Å²) in [6, 6.07) is 15.6. The summed E-state index contributed by atoms with van der Waals surface area (Å²) < 4.78 is 41.3. The van der Waals surface area contributed by atoms with Crippen molar-refractivity contribution in [3.8, 4) is 23.3 Å². The summed E-state index contributed by atoms with van der Waals surface area (Å²) in [4.78, 5) is 22.5. The molecule has 0 saturated carbocycles. The minimum Gasteiger partial charge on any atom is -0.495 e. The second-order valence-corrected chi connectivity index (χ2v) is 9.55. The molecule has 0 heterocycles. The summed E-state index contributed by atoms with van der Waals surface area (Å²) >= 11 is 3.22. The van der Waals surface area contributed by atoms with E-state index in [1.165, 1.54) is 38.5 Å². The van der Waals surface area contributed by atoms with E-state index in [1.807, 2.05) is 6.07 Å². The highest BCUT2D eigenvalue weighted by Gasteiger charge is 2.24. The Morgan fingerprint density at radius 3 is 2.43 bits per heavy atom. The number of hydrogen-bond donors (Lipinski definition) is 1. The molecule has 0 saturated heterocycles. The Morgan fingerprint density at radius 1 is 1.08 bits per heavy atom. The number of hydrogen-bond acceptors (Lipinski definition) is 9. The summed E-state index contributed by atoms with van der Waals surface area (Å²) in [6.45, 7) is 0. The van der Waals surface area contributed by atoms with Crippen LogP contribution in [0.1, 0.15) is 5.56 Å². The van der Waals surface area contributed by atoms with E-state index in [1.54, 1.807) is 24.3 Å². The van der Waals surface area contributed by atoms with Crippen LogP contribution in [0.4, 0.5) is 11.4 Å². The van der Waals surface area contributed by atoms with Gasteiger partial charge >= 0.3 is 10.1 Å². The maximum absolute atomic E-state index is 12.8. The van der Waals surface area contributed by atoms with Crippen molar-refractivity contribution in [3.05, 3.63) is 86.4 Å². The number of nitriles is 1. The van der Waals surface area contributed by atoms with Crippen molar-refractivity contribution in [2.75, 3.05) is 19.5 Å². The van der Waals surface area contributed by atoms with E-state index in [4.69, 9.17) is 13.7 Å². The summed E-state index contributed by atoms with van der Waals surface area (Å²) in [6.07, 6.45) is 1.27. The van der Waals surface area contributed by atoms with Crippen molar-refractivity contribution in [2.45, 2.75) is 4.90 Å². The van der Waals surface area contributed by atoms with Crippen LogP contribution >= 0.6 is 15.9 Å². The van der Waals surface area contributed by atoms with E-state index in [2.05, 4.69) is 21.2 Å². The van der Waals surface area contributed by atoms with Gasteiger partial charge in [0.2, 0.25) is 0 Å². The lowest BCUT2D eigenvalue weighted by atomic mass is 10.1. The quantitative estimate of drug-likeness (QED) is 0.123. The number of rotatable bonds is 9. The Balaban J connectivity index is 1.93. The number of carbonyl (C=O) groups is 1. The first-order chi connectivity index (χ1) is 17.6. The topological polar surface area (TPSA) is 158 Å². The molecule has 0 aliphatic rings. The van der Waals surface area contributed by atoms with Crippen LogP contribution in [0.5, 0.6) is 17.2 Å². The fourth-order valence-corrected chi connectivity index (χ4v) is 4.71. The molecule has 0 fully saturated rings. The molecule has 3 aromatic rings. The average molecular weight is 588 g/mol. The predicted molar refractivity (Wildman–Crippen MR) is 137 cm³/mol. The van der Waals surface area contributed by atoms with Gasteiger partial charge in [-0.3, -0.25) is 14.9 Å². The van der Waals surface area contributed by atoms with Gasteiger partial charge in [-0.25, -0.2) is 0 Å². The molecule has 0 atom stereocenters. The van der Waals surface area contributed by atoms with Crippen molar-refractivity contribution in [1.82, 2.24) is 0 Å². The number of benzene rings is 3. The molecule has 0 aromatic heterocycles. The van der Waals surface area contributed by atoms with Gasteiger partial charge in [-0.15, -0.1) is 0 Å². The third kappa shape index (κ3) is 6.43. The molecule has 1 N–H and O–H groups in total. The smallest absolute Gasteiger partial charge is 0.339 e. The molecule has 3 aromatic carbocycles. The van der Waals surface area contributed by atoms with Gasteiger partial charge in [0, 0.05) is 12.1 Å². The van der Waals surface area contributed by atoms with Crippen LogP contribution < -0.4 is 19.0 Å². The third-order valence-corrected chi connectivity index (χ3v) is 6.60. The normalized spacial score (nSPS) is 11.2. The predicted octanol–water partition coefficient (Wildman–Crippen LogP) is 4.69. The van der Waals surface area contributed by atoms with Gasteiger partial charge in [-0.1, -0.05) is 18.2 Å². The van der Waals surface area contributed by atoms with E-state index in [0.717, 1.165) is 18.2 Å². The molecule has 0 radical (unpaired) electrons. The molecule has 0 bridgehead atoms. The van der Waals surface area contributed by atoms with Crippen LogP contribution in [0, 0.1) is 21.4 Å². The molecule has 11 nitrogen and oxygen atoms in total. The van der Waals surface area contributed by atoms with Crippen LogP contribution in [0.3, 0.4) is 0 Å². The summed E-state index contributed by atoms with van der Waals surface area (Å²) in [7, 11) is -1.77. The highest BCUT2D eigenvalue weighted by Crippen LogP contribution is 2.39. The molecular weight excluding hydrogens is 570 g/mol. The Morgan fingerprint density at radius 2 is 1.78 bits per heavy atom. The Labute approximate surface area is 220 Å². The third-order valence-electron chi connectivity index (χ3n) is 4.79. The summed E-state index contributed by atoms with van der Waals surface area (Å²) in [5.74, 6) is -0.570. The highest BCUT2D eigenvalue weighted by molar-refractivity contribution is 9.10. The number of amides is 1. The number of anilines is 1. The number of carbonyl (C=O) groups excluding carboxylic acids is 1.